The SMILES string of the molecule is CNC1CCN(Cc2cncs2)C1=O. The van der Waals surface area contributed by atoms with Crippen molar-refractivity contribution in [2.45, 2.75) is 19.0 Å². The number of likely N-dealkylation sites (N-methyl/N-ethyl adjacent to an activating group) is 1. The Bertz CT molecular complexity index is 312. The highest BCUT2D eigenvalue weighted by Crippen LogP contribution is 2.16. The first-order valence-electron chi connectivity index (χ1n) is 4.64. The lowest BCUT2D eigenvalue weighted by Crippen LogP contribution is -2.35. The van der Waals surface area contributed by atoms with Crippen LogP contribution in [0.25, 0.3) is 0 Å². The van der Waals surface area contributed by atoms with E-state index in [9.17, 15) is 4.79 Å². The van der Waals surface area contributed by atoms with Gasteiger partial charge in [0.1, 0.15) is 0 Å². The summed E-state index contributed by atoms with van der Waals surface area (Å²) < 4.78 is 0. The first-order chi connectivity index (χ1) is 6.81. The number of hydrogen-bond acceptors (Lipinski definition) is 4. The number of rotatable bonds is 3. The topological polar surface area (TPSA) is 45.2 Å². The number of carbonyl (C=O) groups excluding carboxylic acids is 1. The van der Waals surface area contributed by atoms with Crippen molar-refractivity contribution < 1.29 is 4.79 Å². The molecule has 0 radical (unpaired) electrons. The molecule has 0 aliphatic carbocycles. The van der Waals surface area contributed by atoms with Crippen LogP contribution in [0.15, 0.2) is 11.7 Å². The molecule has 1 aromatic heterocycles. The Labute approximate surface area is 86.9 Å². The summed E-state index contributed by atoms with van der Waals surface area (Å²) in [6, 6.07) is 0.0166. The van der Waals surface area contributed by atoms with E-state index < -0.39 is 0 Å². The molecule has 1 aliphatic heterocycles. The van der Waals surface area contributed by atoms with Crippen molar-refractivity contribution in [1.82, 2.24) is 15.2 Å². The number of likely N-dealkylation sites (tertiary alicyclic amines) is 1. The van der Waals surface area contributed by atoms with Crippen LogP contribution in [0.5, 0.6) is 0 Å². The molecule has 0 aromatic carbocycles. The lowest BCUT2D eigenvalue weighted by atomic mass is 10.3. The number of thiazole rings is 1. The van der Waals surface area contributed by atoms with Gasteiger partial charge in [0.15, 0.2) is 0 Å². The summed E-state index contributed by atoms with van der Waals surface area (Å²) in [4.78, 5) is 18.7. The number of hydrogen-bond donors (Lipinski definition) is 1. The van der Waals surface area contributed by atoms with Gasteiger partial charge < -0.3 is 10.2 Å². The van der Waals surface area contributed by atoms with Crippen molar-refractivity contribution in [3.63, 3.8) is 0 Å². The second kappa shape index (κ2) is 4.06. The smallest absolute Gasteiger partial charge is 0.240 e. The Morgan fingerprint density at radius 1 is 1.79 bits per heavy atom. The number of amides is 1. The van der Waals surface area contributed by atoms with Crippen LogP contribution < -0.4 is 5.32 Å². The van der Waals surface area contributed by atoms with E-state index in [1.807, 2.05) is 18.1 Å². The van der Waals surface area contributed by atoms with Crippen molar-refractivity contribution in [2.75, 3.05) is 13.6 Å². The van der Waals surface area contributed by atoms with Crippen molar-refractivity contribution in [1.29, 1.82) is 0 Å². The molecule has 2 heterocycles. The second-order valence-electron chi connectivity index (χ2n) is 3.36. The predicted octanol–water partition coefficient (Wildman–Crippen LogP) is 0.463. The molecule has 1 saturated heterocycles. The van der Waals surface area contributed by atoms with E-state index in [4.69, 9.17) is 0 Å². The molecule has 14 heavy (non-hydrogen) atoms. The minimum atomic E-state index is 0.0166. The van der Waals surface area contributed by atoms with Crippen molar-refractivity contribution in [3.05, 3.63) is 16.6 Å². The second-order valence-corrected chi connectivity index (χ2v) is 4.33. The van der Waals surface area contributed by atoms with Crippen LogP contribution in [0.4, 0.5) is 0 Å². The van der Waals surface area contributed by atoms with Crippen molar-refractivity contribution in [3.8, 4) is 0 Å². The summed E-state index contributed by atoms with van der Waals surface area (Å²) in [5.41, 5.74) is 1.80. The summed E-state index contributed by atoms with van der Waals surface area (Å²) in [5, 5.41) is 3.02. The highest BCUT2D eigenvalue weighted by molar-refractivity contribution is 7.09. The van der Waals surface area contributed by atoms with Gasteiger partial charge in [0.25, 0.3) is 0 Å². The molecule has 76 valence electrons. The molecule has 1 aliphatic rings. The Morgan fingerprint density at radius 3 is 3.21 bits per heavy atom. The summed E-state index contributed by atoms with van der Waals surface area (Å²) >= 11 is 1.60. The molecule has 4 nitrogen and oxygen atoms in total. The molecule has 0 bridgehead atoms. The first kappa shape index (κ1) is 9.61. The van der Waals surface area contributed by atoms with Gasteiger partial charge in [-0.25, -0.2) is 0 Å². The van der Waals surface area contributed by atoms with Crippen LogP contribution >= 0.6 is 11.3 Å². The molecule has 0 saturated carbocycles. The quantitative estimate of drug-likeness (QED) is 0.790. The summed E-state index contributed by atoms with van der Waals surface area (Å²) in [7, 11) is 1.83. The fourth-order valence-electron chi connectivity index (χ4n) is 1.67. The molecule has 1 fully saturated rings. The minimum Gasteiger partial charge on any atom is -0.336 e. The third-order valence-corrected chi connectivity index (χ3v) is 3.24. The molecule has 1 unspecified atom stereocenters. The van der Waals surface area contributed by atoms with E-state index >= 15 is 0 Å². The lowest BCUT2D eigenvalue weighted by molar-refractivity contribution is -0.129. The standard InChI is InChI=1S/C9H13N3OS/c1-10-8-2-3-12(9(8)13)5-7-4-11-6-14-7/h4,6,8,10H,2-3,5H2,1H3. The average molecular weight is 211 g/mol. The van der Waals surface area contributed by atoms with Crippen LogP contribution in [0, 0.1) is 0 Å². The Hall–Kier alpha value is -0.940. The van der Waals surface area contributed by atoms with Crippen molar-refractivity contribution >= 4 is 17.2 Å². The number of carbonyl (C=O) groups is 1. The normalized spacial score (nSPS) is 21.9. The molecule has 1 N–H and O–H groups in total. The van der Waals surface area contributed by atoms with Gasteiger partial charge in [-0.2, -0.15) is 0 Å². The van der Waals surface area contributed by atoms with Crippen LogP contribution in [0.2, 0.25) is 0 Å². The zero-order chi connectivity index (χ0) is 9.97. The predicted molar refractivity (Wildman–Crippen MR) is 55.0 cm³/mol. The monoisotopic (exact) mass is 211 g/mol. The zero-order valence-corrected chi connectivity index (χ0v) is 8.88. The van der Waals surface area contributed by atoms with Gasteiger partial charge >= 0.3 is 0 Å². The van der Waals surface area contributed by atoms with Gasteiger partial charge in [-0.05, 0) is 13.5 Å². The molecular weight excluding hydrogens is 198 g/mol. The van der Waals surface area contributed by atoms with E-state index in [2.05, 4.69) is 10.3 Å². The van der Waals surface area contributed by atoms with E-state index in [1.165, 1.54) is 0 Å². The number of nitrogens with zero attached hydrogens (tertiary/aromatic N) is 2. The Balaban J connectivity index is 1.97. The summed E-state index contributed by atoms with van der Waals surface area (Å²) in [6.45, 7) is 1.56. The highest BCUT2D eigenvalue weighted by Gasteiger charge is 2.30. The van der Waals surface area contributed by atoms with Gasteiger partial charge in [0.05, 0.1) is 18.1 Å². The third-order valence-electron chi connectivity index (χ3n) is 2.48. The molecule has 2 rings (SSSR count). The minimum absolute atomic E-state index is 0.0166. The van der Waals surface area contributed by atoms with Gasteiger partial charge in [-0.1, -0.05) is 0 Å². The maximum Gasteiger partial charge on any atom is 0.240 e. The maximum absolute atomic E-state index is 11.7. The molecular formula is C9H13N3OS. The van der Waals surface area contributed by atoms with Crippen LogP contribution in [-0.4, -0.2) is 35.4 Å². The Morgan fingerprint density at radius 2 is 2.64 bits per heavy atom. The fraction of sp³-hybridized carbons (Fsp3) is 0.556. The largest absolute Gasteiger partial charge is 0.336 e. The first-order valence-corrected chi connectivity index (χ1v) is 5.52. The molecule has 1 aromatic rings. The van der Waals surface area contributed by atoms with E-state index in [0.717, 1.165) is 17.8 Å². The zero-order valence-electron chi connectivity index (χ0n) is 8.06. The molecule has 0 spiro atoms. The van der Waals surface area contributed by atoms with E-state index in [-0.39, 0.29) is 11.9 Å². The Kier molecular flexibility index (Phi) is 2.79. The van der Waals surface area contributed by atoms with Crippen LogP contribution in [0.1, 0.15) is 11.3 Å². The molecule has 1 atom stereocenters. The average Bonchev–Trinajstić information content (AvgIpc) is 2.79. The number of aromatic nitrogens is 1. The van der Waals surface area contributed by atoms with E-state index in [0.29, 0.717) is 6.54 Å². The van der Waals surface area contributed by atoms with E-state index in [1.54, 1.807) is 16.8 Å². The molecule has 1 amide bonds. The fourth-order valence-corrected chi connectivity index (χ4v) is 2.28. The third kappa shape index (κ3) is 1.78. The number of nitrogens with one attached hydrogen (secondary N) is 1. The van der Waals surface area contributed by atoms with Gasteiger partial charge in [-0.15, -0.1) is 11.3 Å². The van der Waals surface area contributed by atoms with Crippen LogP contribution in [-0.2, 0) is 11.3 Å². The highest BCUT2D eigenvalue weighted by atomic mass is 32.1. The van der Waals surface area contributed by atoms with Gasteiger partial charge in [0, 0.05) is 17.6 Å². The van der Waals surface area contributed by atoms with Gasteiger partial charge in [-0.3, -0.25) is 9.78 Å². The summed E-state index contributed by atoms with van der Waals surface area (Å²) in [5.74, 6) is 0.209. The summed E-state index contributed by atoms with van der Waals surface area (Å²) in [6.07, 6.45) is 2.73. The lowest BCUT2D eigenvalue weighted by Gasteiger charge is -2.14. The van der Waals surface area contributed by atoms with Crippen LogP contribution in [0.3, 0.4) is 0 Å². The van der Waals surface area contributed by atoms with Crippen molar-refractivity contribution in [2.24, 2.45) is 0 Å². The van der Waals surface area contributed by atoms with Gasteiger partial charge in [0.2, 0.25) is 5.91 Å². The maximum atomic E-state index is 11.7. The molecule has 5 heteroatoms.